The normalized spacial score (nSPS) is 25.0. The minimum atomic E-state index is 0.250. The molecule has 1 unspecified atom stereocenters. The van der Waals surface area contributed by atoms with E-state index < -0.39 is 0 Å². The van der Waals surface area contributed by atoms with Crippen LogP contribution in [-0.2, 0) is 0 Å². The lowest BCUT2D eigenvalue weighted by atomic mass is 10.1. The van der Waals surface area contributed by atoms with Crippen LogP contribution < -0.4 is 0 Å². The van der Waals surface area contributed by atoms with Crippen LogP contribution in [0.4, 0.5) is 0 Å². The minimum absolute atomic E-state index is 0.250. The topological polar surface area (TPSA) is 20.3 Å². The first kappa shape index (κ1) is 10.4. The van der Waals surface area contributed by atoms with Gasteiger partial charge in [0.05, 0.1) is 5.25 Å². The van der Waals surface area contributed by atoms with Crippen molar-refractivity contribution in [1.82, 2.24) is 4.90 Å². The number of hydrogen-bond acceptors (Lipinski definition) is 3. The molecule has 0 spiro atoms. The van der Waals surface area contributed by atoms with E-state index in [1.807, 2.05) is 18.2 Å². The average molecular weight is 233 g/mol. The Bertz CT molecular complexity index is 412. The van der Waals surface area contributed by atoms with Crippen molar-refractivity contribution in [3.8, 4) is 0 Å². The molecule has 2 nitrogen and oxygen atoms in total. The zero-order valence-electron chi connectivity index (χ0n) is 9.19. The summed E-state index contributed by atoms with van der Waals surface area (Å²) in [5, 5.41) is 0.613. The van der Waals surface area contributed by atoms with Crippen molar-refractivity contribution in [2.75, 3.05) is 19.6 Å². The van der Waals surface area contributed by atoms with Crippen molar-refractivity contribution in [2.24, 2.45) is 0 Å². The number of benzene rings is 1. The summed E-state index contributed by atoms with van der Waals surface area (Å²) in [6.07, 6.45) is 2.62. The predicted octanol–water partition coefficient (Wildman–Crippen LogP) is 2.71. The molecule has 16 heavy (non-hydrogen) atoms. The summed E-state index contributed by atoms with van der Waals surface area (Å²) >= 11 is 1.50. The van der Waals surface area contributed by atoms with Crippen molar-refractivity contribution >= 4 is 16.9 Å². The van der Waals surface area contributed by atoms with E-state index in [0.29, 0.717) is 5.25 Å². The average Bonchev–Trinajstić information content (AvgIpc) is 2.90. The van der Waals surface area contributed by atoms with Crippen LogP contribution in [-0.4, -0.2) is 29.6 Å². The van der Waals surface area contributed by atoms with Gasteiger partial charge in [0.2, 0.25) is 5.12 Å². The number of fused-ring (bicyclic) bond motifs is 1. The summed E-state index contributed by atoms with van der Waals surface area (Å²) in [6, 6.07) is 8.05. The van der Waals surface area contributed by atoms with Gasteiger partial charge >= 0.3 is 0 Å². The lowest BCUT2D eigenvalue weighted by molar-refractivity contribution is 0.109. The van der Waals surface area contributed by atoms with Gasteiger partial charge in [0.15, 0.2) is 0 Å². The summed E-state index contributed by atoms with van der Waals surface area (Å²) in [4.78, 5) is 14.3. The summed E-state index contributed by atoms with van der Waals surface area (Å²) in [6.45, 7) is 3.44. The molecule has 0 amide bonds. The molecule has 3 heteroatoms. The Kier molecular flexibility index (Phi) is 2.74. The molecule has 2 aliphatic heterocycles. The zero-order chi connectivity index (χ0) is 11.0. The van der Waals surface area contributed by atoms with Gasteiger partial charge in [0.1, 0.15) is 0 Å². The number of hydrogen-bond donors (Lipinski definition) is 0. The molecule has 1 saturated heterocycles. The highest BCUT2D eigenvalue weighted by Crippen LogP contribution is 2.41. The lowest BCUT2D eigenvalue weighted by Crippen LogP contribution is -2.23. The van der Waals surface area contributed by atoms with E-state index in [9.17, 15) is 4.79 Å². The van der Waals surface area contributed by atoms with Crippen LogP contribution >= 0.6 is 11.8 Å². The van der Waals surface area contributed by atoms with E-state index in [4.69, 9.17) is 0 Å². The van der Waals surface area contributed by atoms with Crippen molar-refractivity contribution in [3.63, 3.8) is 0 Å². The van der Waals surface area contributed by atoms with Crippen LogP contribution in [0.1, 0.15) is 34.0 Å². The maximum Gasteiger partial charge on any atom is 0.220 e. The van der Waals surface area contributed by atoms with E-state index in [2.05, 4.69) is 11.0 Å². The first-order valence-electron chi connectivity index (χ1n) is 5.87. The molecule has 0 N–H and O–H groups in total. The van der Waals surface area contributed by atoms with Crippen LogP contribution in [0, 0.1) is 0 Å². The molecule has 2 aliphatic rings. The van der Waals surface area contributed by atoms with Crippen molar-refractivity contribution in [2.45, 2.75) is 18.1 Å². The van der Waals surface area contributed by atoms with Gasteiger partial charge in [-0.2, -0.15) is 0 Å². The molecule has 1 atom stereocenters. The summed E-state index contributed by atoms with van der Waals surface area (Å²) in [7, 11) is 0. The van der Waals surface area contributed by atoms with Crippen molar-refractivity contribution < 1.29 is 4.79 Å². The molecule has 2 heterocycles. The summed E-state index contributed by atoms with van der Waals surface area (Å²) < 4.78 is 0. The number of carbonyl (C=O) groups excluding carboxylic acids is 1. The van der Waals surface area contributed by atoms with Gasteiger partial charge in [0.25, 0.3) is 0 Å². The number of rotatable bonds is 2. The second-order valence-electron chi connectivity index (χ2n) is 4.49. The van der Waals surface area contributed by atoms with Crippen LogP contribution in [0.15, 0.2) is 24.3 Å². The maximum atomic E-state index is 11.8. The summed E-state index contributed by atoms with van der Waals surface area (Å²) in [5.74, 6) is 0. The van der Waals surface area contributed by atoms with Gasteiger partial charge in [-0.1, -0.05) is 36.0 Å². The standard InChI is InChI=1S/C13H15NOS/c15-13-11-6-2-1-5-10(11)12(16-13)9-14-7-3-4-8-14/h1-2,5-6,12H,3-4,7-9H2. The van der Waals surface area contributed by atoms with Gasteiger partial charge in [-0.25, -0.2) is 0 Å². The van der Waals surface area contributed by atoms with Gasteiger partial charge < -0.3 is 4.90 Å². The largest absolute Gasteiger partial charge is 0.302 e. The second-order valence-corrected chi connectivity index (χ2v) is 5.66. The van der Waals surface area contributed by atoms with Crippen molar-refractivity contribution in [3.05, 3.63) is 35.4 Å². The van der Waals surface area contributed by atoms with Gasteiger partial charge in [0, 0.05) is 12.1 Å². The predicted molar refractivity (Wildman–Crippen MR) is 66.8 cm³/mol. The minimum Gasteiger partial charge on any atom is -0.302 e. The molecule has 1 aromatic rings. The highest BCUT2D eigenvalue weighted by molar-refractivity contribution is 8.14. The molecule has 0 saturated carbocycles. The molecular formula is C13H15NOS. The monoisotopic (exact) mass is 233 g/mol. The number of nitrogens with zero attached hydrogens (tertiary/aromatic N) is 1. The second kappa shape index (κ2) is 4.22. The first-order valence-corrected chi connectivity index (χ1v) is 6.75. The first-order chi connectivity index (χ1) is 7.84. The molecule has 3 rings (SSSR count). The van der Waals surface area contributed by atoms with Crippen LogP contribution in [0.25, 0.3) is 0 Å². The third-order valence-electron chi connectivity index (χ3n) is 3.40. The Hall–Kier alpha value is -0.800. The zero-order valence-corrected chi connectivity index (χ0v) is 10.0. The molecule has 0 bridgehead atoms. The quantitative estimate of drug-likeness (QED) is 0.783. The molecular weight excluding hydrogens is 218 g/mol. The Balaban J connectivity index is 1.80. The Morgan fingerprint density at radius 2 is 2.00 bits per heavy atom. The Morgan fingerprint density at radius 3 is 2.81 bits per heavy atom. The molecule has 0 radical (unpaired) electrons. The van der Waals surface area contributed by atoms with E-state index >= 15 is 0 Å². The van der Waals surface area contributed by atoms with Crippen molar-refractivity contribution in [1.29, 1.82) is 0 Å². The fourth-order valence-electron chi connectivity index (χ4n) is 2.56. The van der Waals surface area contributed by atoms with Gasteiger partial charge in [-0.3, -0.25) is 4.79 Å². The molecule has 84 valence electrons. The SMILES string of the molecule is O=C1SC(CN2CCCC2)c2ccccc21. The molecule has 1 aromatic carbocycles. The van der Waals surface area contributed by atoms with E-state index in [0.717, 1.165) is 12.1 Å². The summed E-state index contributed by atoms with van der Waals surface area (Å²) in [5.41, 5.74) is 2.17. The number of carbonyl (C=O) groups is 1. The van der Waals surface area contributed by atoms with E-state index in [1.165, 1.54) is 43.3 Å². The highest BCUT2D eigenvalue weighted by Gasteiger charge is 2.31. The molecule has 0 aliphatic carbocycles. The van der Waals surface area contributed by atoms with Crippen LogP contribution in [0.2, 0.25) is 0 Å². The lowest BCUT2D eigenvalue weighted by Gasteiger charge is -2.19. The maximum absolute atomic E-state index is 11.8. The third-order valence-corrected chi connectivity index (χ3v) is 4.52. The number of thioether (sulfide) groups is 1. The fourth-order valence-corrected chi connectivity index (χ4v) is 3.74. The highest BCUT2D eigenvalue weighted by atomic mass is 32.2. The number of likely N-dealkylation sites (tertiary alicyclic amines) is 1. The van der Waals surface area contributed by atoms with E-state index in [-0.39, 0.29) is 5.12 Å². The fraction of sp³-hybridized carbons (Fsp3) is 0.462. The van der Waals surface area contributed by atoms with Crippen LogP contribution in [0.3, 0.4) is 0 Å². The molecule has 1 fully saturated rings. The smallest absolute Gasteiger partial charge is 0.220 e. The third kappa shape index (κ3) is 1.78. The van der Waals surface area contributed by atoms with Gasteiger partial charge in [-0.15, -0.1) is 0 Å². The Labute approximate surface area is 100 Å². The molecule has 0 aromatic heterocycles. The van der Waals surface area contributed by atoms with E-state index in [1.54, 1.807) is 0 Å². The van der Waals surface area contributed by atoms with Gasteiger partial charge in [-0.05, 0) is 31.5 Å². The Morgan fingerprint density at radius 1 is 1.25 bits per heavy atom. The van der Waals surface area contributed by atoms with Crippen LogP contribution in [0.5, 0.6) is 0 Å².